The number of benzene rings is 4. The van der Waals surface area contributed by atoms with E-state index in [0.29, 0.717) is 0 Å². The van der Waals surface area contributed by atoms with Crippen molar-refractivity contribution in [1.82, 2.24) is 9.55 Å². The van der Waals surface area contributed by atoms with Gasteiger partial charge in [0.2, 0.25) is 11.4 Å². The minimum atomic E-state index is 0.970. The van der Waals surface area contributed by atoms with Crippen molar-refractivity contribution in [1.29, 1.82) is 0 Å². The summed E-state index contributed by atoms with van der Waals surface area (Å²) in [6.07, 6.45) is 4.52. The van der Waals surface area contributed by atoms with E-state index in [4.69, 9.17) is 0 Å². The Hall–Kier alpha value is -2.83. The van der Waals surface area contributed by atoms with Crippen molar-refractivity contribution >= 4 is 76.5 Å². The van der Waals surface area contributed by atoms with Crippen molar-refractivity contribution in [3.8, 4) is 5.69 Å². The van der Waals surface area contributed by atoms with Crippen molar-refractivity contribution in [2.45, 2.75) is 0 Å². The van der Waals surface area contributed by atoms with Gasteiger partial charge in [0.25, 0.3) is 6.34 Å². The lowest BCUT2D eigenvalue weighted by Crippen LogP contribution is -1.90. The van der Waals surface area contributed by atoms with Gasteiger partial charge in [-0.15, -0.1) is 0 Å². The number of nitrogens with zero attached hydrogens (tertiary/aromatic N) is 3. The normalized spacial score (nSPS) is 10.8. The van der Waals surface area contributed by atoms with Crippen LogP contribution < -0.4 is 5.32 Å². The summed E-state index contributed by atoms with van der Waals surface area (Å²) in [5.41, 5.74) is 5.26. The quantitative estimate of drug-likeness (QED) is 0.190. The number of aliphatic imine (C=N–C) groups is 1. The molecule has 6 rings (SSSR count). The highest BCUT2D eigenvalue weighted by Gasteiger charge is 2.15. The van der Waals surface area contributed by atoms with Crippen LogP contribution in [0.2, 0.25) is 0 Å². The predicted molar refractivity (Wildman–Crippen MR) is 148 cm³/mol. The third-order valence-electron chi connectivity index (χ3n) is 4.60. The molecule has 0 fully saturated rings. The first kappa shape index (κ1) is 23.3. The van der Waals surface area contributed by atoms with Crippen molar-refractivity contribution < 1.29 is 0 Å². The first-order valence-corrected chi connectivity index (χ1v) is 12.4. The summed E-state index contributed by atoms with van der Waals surface area (Å²) < 4.78 is 5.36. The number of rotatable bonds is 1. The highest BCUT2D eigenvalue weighted by molar-refractivity contribution is 9.11. The molecule has 1 aromatic heterocycles. The highest BCUT2D eigenvalue weighted by Crippen LogP contribution is 2.26. The number of para-hydroxylation sites is 4. The van der Waals surface area contributed by atoms with Crippen molar-refractivity contribution in [2.24, 2.45) is 4.99 Å². The lowest BCUT2D eigenvalue weighted by atomic mass is 10.3. The third-order valence-corrected chi connectivity index (χ3v) is 6.08. The maximum Gasteiger partial charge on any atom is 0.254 e. The summed E-state index contributed by atoms with van der Waals surface area (Å²) in [6.45, 7) is 0. The lowest BCUT2D eigenvalue weighted by Gasteiger charge is -2.04. The fourth-order valence-corrected chi connectivity index (χ4v) is 4.57. The van der Waals surface area contributed by atoms with Gasteiger partial charge in [-0.1, -0.05) is 72.1 Å². The van der Waals surface area contributed by atoms with E-state index in [1.807, 2.05) is 85.2 Å². The van der Waals surface area contributed by atoms with Crippen molar-refractivity contribution in [3.63, 3.8) is 0 Å². The van der Waals surface area contributed by atoms with E-state index < -0.39 is 0 Å². The van der Waals surface area contributed by atoms with Gasteiger partial charge in [0.1, 0.15) is 6.33 Å². The summed E-state index contributed by atoms with van der Waals surface area (Å²) in [4.78, 5) is 8.31. The van der Waals surface area contributed by atoms with Crippen LogP contribution >= 0.6 is 47.8 Å². The van der Waals surface area contributed by atoms with Gasteiger partial charge >= 0.3 is 0 Å². The molecule has 0 saturated carbocycles. The number of hydrogen-bond acceptors (Lipinski definition) is 3. The molecule has 7 heteroatoms. The predicted octanol–water partition coefficient (Wildman–Crippen LogP) is 8.65. The topological polar surface area (TPSA) is 42.2 Å². The van der Waals surface area contributed by atoms with Crippen LogP contribution in [0.15, 0.2) is 122 Å². The maximum atomic E-state index is 4.37. The number of hydrogen-bond donors (Lipinski definition) is 1. The molecule has 4 nitrogen and oxygen atoms in total. The van der Waals surface area contributed by atoms with Crippen LogP contribution in [-0.4, -0.2) is 15.9 Å². The molecular weight excluding hydrogens is 608 g/mol. The second-order valence-corrected chi connectivity index (χ2v) is 9.64. The van der Waals surface area contributed by atoms with E-state index in [1.54, 1.807) is 0 Å². The second-order valence-electron chi connectivity index (χ2n) is 6.89. The number of imidazole rings is 1. The molecule has 2 heterocycles. The first-order chi connectivity index (χ1) is 16.1. The molecule has 1 N–H and O–H groups in total. The lowest BCUT2D eigenvalue weighted by molar-refractivity contribution is 1.09. The Bertz CT molecular complexity index is 1380. The van der Waals surface area contributed by atoms with E-state index in [0.717, 1.165) is 41.5 Å². The minimum absolute atomic E-state index is 0.970. The zero-order chi connectivity index (χ0) is 23.0. The standard InChI is InChI=1S/C13H9BrN2.C7H5N2.C6H4Br2/c14-10-4-3-5-11(8-10)16-9-15-12-6-1-2-7-13(12)16;1-2-4-7-6(3-1)8-5-9-7;7-5-2-1-3-6(8)4-5/h1-9H;1-4H,(H,8,9);1-4H/q;+1;. The zero-order valence-electron chi connectivity index (χ0n) is 17.3. The molecule has 0 aliphatic carbocycles. The van der Waals surface area contributed by atoms with E-state index in [9.17, 15) is 0 Å². The van der Waals surface area contributed by atoms with Gasteiger partial charge in [-0.05, 0) is 65.7 Å². The molecule has 0 spiro atoms. The zero-order valence-corrected chi connectivity index (χ0v) is 22.0. The van der Waals surface area contributed by atoms with Crippen LogP contribution in [0.4, 0.5) is 11.4 Å². The Balaban J connectivity index is 0.000000129. The van der Waals surface area contributed by atoms with Crippen LogP contribution in [-0.2, 0) is 0 Å². The van der Waals surface area contributed by atoms with E-state index in [2.05, 4.69) is 92.2 Å². The molecule has 0 amide bonds. The van der Waals surface area contributed by atoms with Crippen LogP contribution in [0.3, 0.4) is 0 Å². The first-order valence-electron chi connectivity index (χ1n) is 10.00. The number of anilines is 1. The Labute approximate surface area is 217 Å². The van der Waals surface area contributed by atoms with Gasteiger partial charge in [0.15, 0.2) is 0 Å². The summed E-state index contributed by atoms with van der Waals surface area (Å²) in [6, 6.07) is 32.1. The number of halogens is 3. The summed E-state index contributed by atoms with van der Waals surface area (Å²) >= 11 is 10.1. The van der Waals surface area contributed by atoms with Gasteiger partial charge in [-0.25, -0.2) is 4.98 Å². The summed E-state index contributed by atoms with van der Waals surface area (Å²) in [5.74, 6) is 0. The smallest absolute Gasteiger partial charge is 0.254 e. The fraction of sp³-hybridized carbons (Fsp3) is 0. The molecule has 0 bridgehead atoms. The van der Waals surface area contributed by atoms with Crippen molar-refractivity contribution in [3.05, 3.63) is 117 Å². The summed E-state index contributed by atoms with van der Waals surface area (Å²) in [7, 11) is 0. The van der Waals surface area contributed by atoms with Crippen molar-refractivity contribution in [2.75, 3.05) is 5.32 Å². The van der Waals surface area contributed by atoms with Gasteiger partial charge < -0.3 is 0 Å². The molecule has 5 aromatic rings. The van der Waals surface area contributed by atoms with E-state index in [-0.39, 0.29) is 0 Å². The van der Waals surface area contributed by atoms with Gasteiger partial charge in [0, 0.05) is 31.2 Å². The number of fused-ring (bicyclic) bond motifs is 2. The fourth-order valence-electron chi connectivity index (χ4n) is 3.08. The average Bonchev–Trinajstić information content (AvgIpc) is 3.47. The average molecular weight is 626 g/mol. The molecule has 0 unspecified atom stereocenters. The largest absolute Gasteiger partial charge is 0.299 e. The maximum absolute atomic E-state index is 4.37. The SMILES string of the molecule is Brc1cccc(-n2cnc3ccccc32)c1.Brc1cccc(Br)c1.[C+]1=Nc2ccccc2N1. The highest BCUT2D eigenvalue weighted by atomic mass is 79.9. The Morgan fingerprint density at radius 2 is 1.36 bits per heavy atom. The summed E-state index contributed by atoms with van der Waals surface area (Å²) in [5, 5.41) is 2.88. The van der Waals surface area contributed by atoms with E-state index >= 15 is 0 Å². The number of nitrogens with one attached hydrogen (secondary N) is 1. The third kappa shape index (κ3) is 6.36. The molecular formula is C26H18Br3N4+. The Morgan fingerprint density at radius 3 is 2.06 bits per heavy atom. The second kappa shape index (κ2) is 11.3. The van der Waals surface area contributed by atoms with Gasteiger partial charge in [-0.2, -0.15) is 5.32 Å². The number of aromatic nitrogens is 2. The molecule has 0 radical (unpaired) electrons. The Kier molecular flexibility index (Phi) is 8.02. The van der Waals surface area contributed by atoms with Crippen LogP contribution in [0.1, 0.15) is 0 Å². The minimum Gasteiger partial charge on any atom is -0.299 e. The molecule has 33 heavy (non-hydrogen) atoms. The monoisotopic (exact) mass is 623 g/mol. The van der Waals surface area contributed by atoms with Gasteiger partial charge in [0.05, 0.1) is 11.0 Å². The molecule has 1 aliphatic heterocycles. The molecule has 0 saturated heterocycles. The van der Waals surface area contributed by atoms with Gasteiger partial charge in [-0.3, -0.25) is 4.57 Å². The van der Waals surface area contributed by atoms with Crippen LogP contribution in [0.5, 0.6) is 0 Å². The molecule has 0 atom stereocenters. The molecule has 1 aliphatic rings. The van der Waals surface area contributed by atoms with Crippen LogP contribution in [0, 0.1) is 0 Å². The van der Waals surface area contributed by atoms with E-state index in [1.165, 1.54) is 0 Å². The molecule has 4 aromatic carbocycles. The Morgan fingerprint density at radius 1 is 0.697 bits per heavy atom. The van der Waals surface area contributed by atoms with Crippen LogP contribution in [0.25, 0.3) is 16.7 Å². The molecule has 162 valence electrons.